The zero-order valence-electron chi connectivity index (χ0n) is 12.0. The summed E-state index contributed by atoms with van der Waals surface area (Å²) in [6, 6.07) is 12.3. The Kier molecular flexibility index (Phi) is 6.86. The van der Waals surface area contributed by atoms with Crippen LogP contribution < -0.4 is 5.32 Å². The largest absolute Gasteiger partial charge is 0.389 e. The fraction of sp³-hybridized carbons (Fsp3) is 0.375. The van der Waals surface area contributed by atoms with Crippen molar-refractivity contribution in [3.8, 4) is 0 Å². The summed E-state index contributed by atoms with van der Waals surface area (Å²) in [6.07, 6.45) is -0.505. The van der Waals surface area contributed by atoms with Crippen molar-refractivity contribution in [3.05, 3.63) is 56.7 Å². The molecule has 1 heterocycles. The minimum atomic E-state index is -0.505. The topological polar surface area (TPSA) is 41.5 Å². The number of rotatable bonds is 8. The third-order valence-corrected chi connectivity index (χ3v) is 4.74. The molecule has 114 valence electrons. The first-order valence-corrected chi connectivity index (χ1v) is 8.60. The molecule has 0 radical (unpaired) electrons. The van der Waals surface area contributed by atoms with Crippen molar-refractivity contribution in [2.75, 3.05) is 13.2 Å². The third-order valence-electron chi connectivity index (χ3n) is 3.17. The van der Waals surface area contributed by atoms with Crippen LogP contribution in [0.3, 0.4) is 0 Å². The number of aliphatic hydroxyl groups excluding tert-OH is 1. The van der Waals surface area contributed by atoms with Gasteiger partial charge in [0.2, 0.25) is 0 Å². The Hall–Kier alpha value is -0.720. The summed E-state index contributed by atoms with van der Waals surface area (Å²) in [4.78, 5) is 1.18. The molecule has 2 atom stereocenters. The van der Waals surface area contributed by atoms with Gasteiger partial charge in [0, 0.05) is 21.9 Å². The molecule has 1 unspecified atom stereocenters. The fourth-order valence-corrected chi connectivity index (χ4v) is 3.27. The second kappa shape index (κ2) is 8.66. The molecular formula is C16H20BrNO2S. The molecule has 1 aromatic heterocycles. The number of halogens is 1. The van der Waals surface area contributed by atoms with Gasteiger partial charge in [-0.25, -0.2) is 0 Å². The monoisotopic (exact) mass is 369 g/mol. The van der Waals surface area contributed by atoms with E-state index in [4.69, 9.17) is 4.74 Å². The summed E-state index contributed by atoms with van der Waals surface area (Å²) in [7, 11) is 0. The zero-order valence-corrected chi connectivity index (χ0v) is 14.4. The molecule has 5 heteroatoms. The molecule has 2 rings (SSSR count). The van der Waals surface area contributed by atoms with E-state index in [1.807, 2.05) is 35.7 Å². The number of hydrogen-bond donors (Lipinski definition) is 2. The normalized spacial score (nSPS) is 14.0. The lowest BCUT2D eigenvalue weighted by molar-refractivity contribution is 0.0288. The van der Waals surface area contributed by atoms with Crippen LogP contribution in [0, 0.1) is 0 Å². The molecule has 0 aliphatic rings. The lowest BCUT2D eigenvalue weighted by Gasteiger charge is -2.18. The van der Waals surface area contributed by atoms with Crippen LogP contribution in [0.1, 0.15) is 23.4 Å². The van der Waals surface area contributed by atoms with E-state index >= 15 is 0 Å². The summed E-state index contributed by atoms with van der Waals surface area (Å²) < 4.78 is 6.59. The van der Waals surface area contributed by atoms with Crippen molar-refractivity contribution in [3.63, 3.8) is 0 Å². The molecular weight excluding hydrogens is 350 g/mol. The van der Waals surface area contributed by atoms with Gasteiger partial charge in [0.1, 0.15) is 0 Å². The van der Waals surface area contributed by atoms with Crippen molar-refractivity contribution in [2.45, 2.75) is 25.7 Å². The van der Waals surface area contributed by atoms with E-state index in [0.717, 1.165) is 4.47 Å². The van der Waals surface area contributed by atoms with E-state index in [9.17, 15) is 5.11 Å². The number of benzene rings is 1. The Labute approximate surface area is 138 Å². The molecule has 0 aliphatic heterocycles. The average Bonchev–Trinajstić information content (AvgIpc) is 2.98. The maximum absolute atomic E-state index is 9.95. The van der Waals surface area contributed by atoms with Crippen LogP contribution in [-0.2, 0) is 11.3 Å². The smallest absolute Gasteiger partial charge is 0.0898 e. The Balaban J connectivity index is 1.68. The van der Waals surface area contributed by atoms with Crippen molar-refractivity contribution < 1.29 is 9.84 Å². The van der Waals surface area contributed by atoms with Crippen LogP contribution in [0.4, 0.5) is 0 Å². The second-order valence-corrected chi connectivity index (χ2v) is 6.79. The predicted molar refractivity (Wildman–Crippen MR) is 90.5 cm³/mol. The average molecular weight is 370 g/mol. The molecule has 1 aromatic carbocycles. The molecule has 2 N–H and O–H groups in total. The number of hydrogen-bond acceptors (Lipinski definition) is 4. The fourth-order valence-electron chi connectivity index (χ4n) is 2.00. The van der Waals surface area contributed by atoms with Crippen LogP contribution in [0.2, 0.25) is 0 Å². The first kappa shape index (κ1) is 16.6. The molecule has 0 saturated carbocycles. The Morgan fingerprint density at radius 3 is 2.81 bits per heavy atom. The van der Waals surface area contributed by atoms with Gasteiger partial charge in [0.05, 0.1) is 19.3 Å². The van der Waals surface area contributed by atoms with Crippen molar-refractivity contribution in [1.82, 2.24) is 5.32 Å². The molecule has 21 heavy (non-hydrogen) atoms. The molecule has 0 amide bonds. The number of nitrogens with one attached hydrogen (secondary N) is 1. The molecule has 0 saturated heterocycles. The maximum atomic E-state index is 9.95. The standard InChI is InChI=1S/C16H20BrNO2S/c1-12(15-6-2-3-7-16(15)17)18-9-13(19)10-20-11-14-5-4-8-21-14/h2-8,12-13,18-19H,9-11H2,1H3/t12-,13?/m0/s1. The van der Waals surface area contributed by atoms with E-state index in [-0.39, 0.29) is 6.04 Å². The van der Waals surface area contributed by atoms with Crippen LogP contribution in [0.15, 0.2) is 46.3 Å². The SMILES string of the molecule is C[C@H](NCC(O)COCc1cccs1)c1ccccc1Br. The van der Waals surface area contributed by atoms with Crippen molar-refractivity contribution >= 4 is 27.3 Å². The quantitative estimate of drug-likeness (QED) is 0.744. The molecule has 0 bridgehead atoms. The summed E-state index contributed by atoms with van der Waals surface area (Å²) in [5.74, 6) is 0. The van der Waals surface area contributed by atoms with Gasteiger partial charge in [0.25, 0.3) is 0 Å². The van der Waals surface area contributed by atoms with E-state index in [1.165, 1.54) is 10.4 Å². The van der Waals surface area contributed by atoms with E-state index < -0.39 is 6.10 Å². The van der Waals surface area contributed by atoms with Gasteiger partial charge >= 0.3 is 0 Å². The first-order chi connectivity index (χ1) is 10.2. The number of ether oxygens (including phenoxy) is 1. The minimum absolute atomic E-state index is 0.174. The van der Waals surface area contributed by atoms with Crippen molar-refractivity contribution in [1.29, 1.82) is 0 Å². The summed E-state index contributed by atoms with van der Waals surface area (Å²) in [6.45, 7) is 3.49. The maximum Gasteiger partial charge on any atom is 0.0898 e. The molecule has 0 aliphatic carbocycles. The van der Waals surface area contributed by atoms with Crippen LogP contribution in [-0.4, -0.2) is 24.4 Å². The van der Waals surface area contributed by atoms with E-state index in [2.05, 4.69) is 34.2 Å². The summed E-state index contributed by atoms with van der Waals surface area (Å²) in [5.41, 5.74) is 1.18. The molecule has 2 aromatic rings. The highest BCUT2D eigenvalue weighted by atomic mass is 79.9. The van der Waals surface area contributed by atoms with E-state index in [1.54, 1.807) is 11.3 Å². The highest BCUT2D eigenvalue weighted by Gasteiger charge is 2.11. The van der Waals surface area contributed by atoms with Gasteiger partial charge in [-0.15, -0.1) is 11.3 Å². The second-order valence-electron chi connectivity index (χ2n) is 4.90. The van der Waals surface area contributed by atoms with Crippen LogP contribution >= 0.6 is 27.3 Å². The Bertz CT molecular complexity index is 533. The third kappa shape index (κ3) is 5.52. The Morgan fingerprint density at radius 2 is 2.10 bits per heavy atom. The van der Waals surface area contributed by atoms with Gasteiger partial charge < -0.3 is 15.2 Å². The predicted octanol–water partition coefficient (Wildman–Crippen LogP) is 3.74. The van der Waals surface area contributed by atoms with Gasteiger partial charge in [-0.1, -0.05) is 40.2 Å². The van der Waals surface area contributed by atoms with E-state index in [0.29, 0.717) is 19.8 Å². The van der Waals surface area contributed by atoms with Gasteiger partial charge in [-0.3, -0.25) is 0 Å². The highest BCUT2D eigenvalue weighted by molar-refractivity contribution is 9.10. The zero-order chi connectivity index (χ0) is 15.1. The number of aliphatic hydroxyl groups is 1. The van der Waals surface area contributed by atoms with Crippen molar-refractivity contribution in [2.24, 2.45) is 0 Å². The Morgan fingerprint density at radius 1 is 1.29 bits per heavy atom. The van der Waals surface area contributed by atoms with Gasteiger partial charge in [-0.05, 0) is 30.0 Å². The number of thiophene rings is 1. The van der Waals surface area contributed by atoms with Crippen LogP contribution in [0.5, 0.6) is 0 Å². The van der Waals surface area contributed by atoms with Gasteiger partial charge in [-0.2, -0.15) is 0 Å². The minimum Gasteiger partial charge on any atom is -0.389 e. The highest BCUT2D eigenvalue weighted by Crippen LogP contribution is 2.22. The lowest BCUT2D eigenvalue weighted by atomic mass is 10.1. The lowest BCUT2D eigenvalue weighted by Crippen LogP contribution is -2.32. The molecule has 0 fully saturated rings. The first-order valence-electron chi connectivity index (χ1n) is 6.93. The molecule has 0 spiro atoms. The molecule has 3 nitrogen and oxygen atoms in total. The summed E-state index contributed by atoms with van der Waals surface area (Å²) >= 11 is 5.21. The summed E-state index contributed by atoms with van der Waals surface area (Å²) in [5, 5.41) is 15.3. The van der Waals surface area contributed by atoms with Gasteiger partial charge in [0.15, 0.2) is 0 Å². The van der Waals surface area contributed by atoms with Crippen LogP contribution in [0.25, 0.3) is 0 Å².